The van der Waals surface area contributed by atoms with Crippen LogP contribution in [0.25, 0.3) is 0 Å². The fraction of sp³-hybridized carbons (Fsp3) is 0.321. The number of pyridine rings is 1. The highest BCUT2D eigenvalue weighted by Crippen LogP contribution is 2.36. The van der Waals surface area contributed by atoms with E-state index in [0.29, 0.717) is 56.5 Å². The first-order valence-corrected chi connectivity index (χ1v) is 12.8. The Morgan fingerprint density at radius 3 is 2.55 bits per heavy atom. The van der Waals surface area contributed by atoms with Crippen LogP contribution in [-0.4, -0.2) is 61.7 Å². The van der Waals surface area contributed by atoms with E-state index in [1.807, 2.05) is 4.90 Å². The first-order chi connectivity index (χ1) is 19.2. The predicted octanol–water partition coefficient (Wildman–Crippen LogP) is 4.68. The van der Waals surface area contributed by atoms with Crippen molar-refractivity contribution in [3.63, 3.8) is 0 Å². The monoisotopic (exact) mass is 555 g/mol. The molecule has 1 fully saturated rings. The number of carbonyl (C=O) groups excluding carboxylic acids is 2. The summed E-state index contributed by atoms with van der Waals surface area (Å²) in [4.78, 5) is 32.3. The molecular weight excluding hydrogens is 527 g/mol. The van der Waals surface area contributed by atoms with E-state index in [1.54, 1.807) is 24.3 Å². The van der Waals surface area contributed by atoms with Crippen molar-refractivity contribution in [3.8, 4) is 11.5 Å². The summed E-state index contributed by atoms with van der Waals surface area (Å²) < 4.78 is 52.8. The summed E-state index contributed by atoms with van der Waals surface area (Å²) in [5, 5.41) is 5.13. The van der Waals surface area contributed by atoms with Gasteiger partial charge >= 0.3 is 12.2 Å². The second kappa shape index (κ2) is 11.5. The van der Waals surface area contributed by atoms with Gasteiger partial charge in [-0.15, -0.1) is 0 Å². The van der Waals surface area contributed by atoms with Gasteiger partial charge in [0.2, 0.25) is 0 Å². The van der Waals surface area contributed by atoms with Crippen LogP contribution in [0.4, 0.5) is 29.3 Å². The zero-order valence-electron chi connectivity index (χ0n) is 21.8. The molecule has 2 aliphatic heterocycles. The molecule has 3 heterocycles. The number of carbonyl (C=O) groups is 2. The first-order valence-electron chi connectivity index (χ1n) is 12.8. The number of nitrogens with one attached hydrogen (secondary N) is 2. The van der Waals surface area contributed by atoms with Gasteiger partial charge in [-0.25, -0.2) is 4.79 Å². The molecule has 0 radical (unpaired) electrons. The summed E-state index contributed by atoms with van der Waals surface area (Å²) >= 11 is 0. The molecular formula is C28H28F3N5O4. The van der Waals surface area contributed by atoms with Gasteiger partial charge in [-0.2, -0.15) is 13.2 Å². The largest absolute Gasteiger partial charge is 0.457 e. The third-order valence-corrected chi connectivity index (χ3v) is 6.78. The van der Waals surface area contributed by atoms with Crippen molar-refractivity contribution in [2.45, 2.75) is 19.1 Å². The number of ether oxygens (including phenoxy) is 2. The highest BCUT2D eigenvalue weighted by molar-refractivity contribution is 6.03. The molecule has 1 aromatic heterocycles. The van der Waals surface area contributed by atoms with Crippen molar-refractivity contribution in [3.05, 3.63) is 77.1 Å². The van der Waals surface area contributed by atoms with Crippen LogP contribution in [-0.2, 0) is 23.9 Å². The summed E-state index contributed by atoms with van der Waals surface area (Å²) in [5.74, 6) is 0.606. The highest BCUT2D eigenvalue weighted by atomic mass is 19.4. The molecule has 2 aliphatic rings. The standard InChI is InChI=1S/C28H28F3N5O4/c1-32-26(37)24-16-22(6-8-33-24)40-21-4-5-25-18(14-21)7-9-36(25)27(38)34-20-3-2-19(23(15-20)28(29,30)31)17-35-10-12-39-13-11-35/h2-6,8,14-16H,7,9-13,17H2,1H3,(H,32,37)(H,34,38). The summed E-state index contributed by atoms with van der Waals surface area (Å²) in [5.41, 5.74) is 1.17. The van der Waals surface area contributed by atoms with Gasteiger partial charge in [-0.05, 0) is 53.9 Å². The number of benzene rings is 2. The van der Waals surface area contributed by atoms with Crippen LogP contribution in [0.5, 0.6) is 11.5 Å². The summed E-state index contributed by atoms with van der Waals surface area (Å²) in [7, 11) is 1.51. The Labute approximate surface area is 228 Å². The Balaban J connectivity index is 1.28. The summed E-state index contributed by atoms with van der Waals surface area (Å²) in [6.07, 6.45) is -2.54. The lowest BCUT2D eigenvalue weighted by Crippen LogP contribution is -2.36. The maximum Gasteiger partial charge on any atom is 0.416 e. The van der Waals surface area contributed by atoms with E-state index < -0.39 is 17.8 Å². The Morgan fingerprint density at radius 2 is 1.80 bits per heavy atom. The van der Waals surface area contributed by atoms with Crippen molar-refractivity contribution >= 4 is 23.3 Å². The number of aromatic nitrogens is 1. The van der Waals surface area contributed by atoms with E-state index in [4.69, 9.17) is 9.47 Å². The minimum Gasteiger partial charge on any atom is -0.457 e. The Kier molecular flexibility index (Phi) is 7.90. The van der Waals surface area contributed by atoms with E-state index >= 15 is 0 Å². The summed E-state index contributed by atoms with van der Waals surface area (Å²) in [6, 6.07) is 11.7. The normalized spacial score (nSPS) is 15.4. The zero-order chi connectivity index (χ0) is 28.3. The lowest BCUT2D eigenvalue weighted by Gasteiger charge is -2.28. The number of anilines is 2. The van der Waals surface area contributed by atoms with E-state index in [0.717, 1.165) is 11.6 Å². The van der Waals surface area contributed by atoms with E-state index in [-0.39, 0.29) is 29.4 Å². The van der Waals surface area contributed by atoms with Crippen molar-refractivity contribution in [1.82, 2.24) is 15.2 Å². The number of hydrogen-bond acceptors (Lipinski definition) is 6. The molecule has 210 valence electrons. The van der Waals surface area contributed by atoms with E-state index in [9.17, 15) is 22.8 Å². The van der Waals surface area contributed by atoms with Gasteiger partial charge in [0.15, 0.2) is 0 Å². The average Bonchev–Trinajstić information content (AvgIpc) is 3.37. The van der Waals surface area contributed by atoms with Crippen LogP contribution in [0.3, 0.4) is 0 Å². The summed E-state index contributed by atoms with van der Waals surface area (Å²) in [6.45, 7) is 2.63. The molecule has 0 atom stereocenters. The molecule has 0 saturated carbocycles. The minimum atomic E-state index is -4.56. The second-order valence-corrected chi connectivity index (χ2v) is 9.44. The van der Waals surface area contributed by atoms with Crippen LogP contribution in [0.2, 0.25) is 0 Å². The lowest BCUT2D eigenvalue weighted by molar-refractivity contribution is -0.138. The Bertz CT molecular complexity index is 1410. The van der Waals surface area contributed by atoms with Crippen LogP contribution >= 0.6 is 0 Å². The number of fused-ring (bicyclic) bond motifs is 1. The number of alkyl halides is 3. The molecule has 0 aliphatic carbocycles. The van der Waals surface area contributed by atoms with Gasteiger partial charge in [0.1, 0.15) is 17.2 Å². The van der Waals surface area contributed by atoms with Gasteiger partial charge in [0.25, 0.3) is 5.91 Å². The number of hydrogen-bond donors (Lipinski definition) is 2. The average molecular weight is 556 g/mol. The van der Waals surface area contributed by atoms with Gasteiger partial charge in [-0.1, -0.05) is 6.07 Å². The van der Waals surface area contributed by atoms with E-state index in [1.165, 1.54) is 36.3 Å². The second-order valence-electron chi connectivity index (χ2n) is 9.44. The van der Waals surface area contributed by atoms with Crippen molar-refractivity contribution in [2.75, 3.05) is 50.1 Å². The Hall–Kier alpha value is -4.16. The minimum absolute atomic E-state index is 0.0704. The molecule has 40 heavy (non-hydrogen) atoms. The zero-order valence-corrected chi connectivity index (χ0v) is 21.8. The SMILES string of the molecule is CNC(=O)c1cc(Oc2ccc3c(c2)CCN3C(=O)Nc2ccc(CN3CCOCC3)c(C(F)(F)F)c2)ccn1. The molecule has 9 nitrogen and oxygen atoms in total. The van der Waals surface area contributed by atoms with Gasteiger partial charge < -0.3 is 20.1 Å². The van der Waals surface area contributed by atoms with Crippen LogP contribution in [0.15, 0.2) is 54.7 Å². The van der Waals surface area contributed by atoms with Crippen molar-refractivity contribution in [1.29, 1.82) is 0 Å². The predicted molar refractivity (Wildman–Crippen MR) is 142 cm³/mol. The quantitative estimate of drug-likeness (QED) is 0.459. The number of urea groups is 1. The topological polar surface area (TPSA) is 96.0 Å². The molecule has 2 N–H and O–H groups in total. The van der Waals surface area contributed by atoms with Crippen LogP contribution in [0.1, 0.15) is 27.2 Å². The molecule has 5 rings (SSSR count). The maximum absolute atomic E-state index is 13.9. The third kappa shape index (κ3) is 6.18. The molecule has 3 amide bonds. The molecule has 3 aromatic rings. The molecule has 1 saturated heterocycles. The molecule has 0 spiro atoms. The Morgan fingerprint density at radius 1 is 1.02 bits per heavy atom. The van der Waals surface area contributed by atoms with Gasteiger partial charge in [0, 0.05) is 56.9 Å². The maximum atomic E-state index is 13.9. The molecule has 12 heteroatoms. The number of nitrogens with zero attached hydrogens (tertiary/aromatic N) is 3. The number of morpholine rings is 1. The molecule has 0 unspecified atom stereocenters. The van der Waals surface area contributed by atoms with Gasteiger partial charge in [0.05, 0.1) is 18.8 Å². The molecule has 0 bridgehead atoms. The fourth-order valence-electron chi connectivity index (χ4n) is 4.76. The van der Waals surface area contributed by atoms with Crippen molar-refractivity contribution < 1.29 is 32.2 Å². The smallest absolute Gasteiger partial charge is 0.416 e. The number of amides is 3. The van der Waals surface area contributed by atoms with E-state index in [2.05, 4.69) is 15.6 Å². The molecule has 2 aromatic carbocycles. The fourth-order valence-corrected chi connectivity index (χ4v) is 4.76. The first kappa shape index (κ1) is 27.4. The number of halogens is 3. The van der Waals surface area contributed by atoms with Crippen molar-refractivity contribution in [2.24, 2.45) is 0 Å². The highest BCUT2D eigenvalue weighted by Gasteiger charge is 2.34. The third-order valence-electron chi connectivity index (χ3n) is 6.78. The van der Waals surface area contributed by atoms with Gasteiger partial charge in [-0.3, -0.25) is 19.6 Å². The van der Waals surface area contributed by atoms with Crippen LogP contribution < -0.4 is 20.3 Å². The number of rotatable bonds is 6. The lowest BCUT2D eigenvalue weighted by atomic mass is 10.0. The van der Waals surface area contributed by atoms with Crippen LogP contribution in [0, 0.1) is 0 Å².